The second-order valence-electron chi connectivity index (χ2n) is 4.89. The van der Waals surface area contributed by atoms with Crippen molar-refractivity contribution < 1.29 is 4.42 Å². The van der Waals surface area contributed by atoms with Crippen LogP contribution in [0, 0.1) is 6.92 Å². The topological polar surface area (TPSA) is 52.2 Å². The molecule has 4 heteroatoms. The van der Waals surface area contributed by atoms with Crippen LogP contribution in [0.3, 0.4) is 0 Å². The number of hydrogen-bond donors (Lipinski definition) is 0. The van der Waals surface area contributed by atoms with Gasteiger partial charge in [-0.25, -0.2) is 9.36 Å². The average molecular weight is 259 g/mol. The lowest BCUT2D eigenvalue weighted by Crippen LogP contribution is -2.35. The fourth-order valence-electron chi connectivity index (χ4n) is 2.07. The molecule has 0 N–H and O–H groups in total. The van der Waals surface area contributed by atoms with Gasteiger partial charge in [-0.15, -0.1) is 0 Å². The zero-order chi connectivity index (χ0) is 14.0. The predicted molar refractivity (Wildman–Crippen MR) is 73.6 cm³/mol. The highest BCUT2D eigenvalue weighted by Crippen LogP contribution is 2.14. The summed E-state index contributed by atoms with van der Waals surface area (Å²) in [5, 5.41) is 0. The molecule has 0 aliphatic rings. The molecule has 0 saturated carbocycles. The molecular weight excluding hydrogens is 242 g/mol. The zero-order valence-corrected chi connectivity index (χ0v) is 11.3. The van der Waals surface area contributed by atoms with Gasteiger partial charge in [0.05, 0.1) is 12.1 Å². The molecule has 0 amide bonds. The van der Waals surface area contributed by atoms with E-state index in [2.05, 4.69) is 0 Å². The fraction of sp³-hybridized carbons (Fsp3) is 0.333. The zero-order valence-electron chi connectivity index (χ0n) is 11.3. The number of nitrogens with zero attached hydrogens (tertiary/aromatic N) is 1. The molecule has 4 nitrogen and oxygen atoms in total. The first-order valence-electron chi connectivity index (χ1n) is 6.29. The van der Waals surface area contributed by atoms with E-state index in [-0.39, 0.29) is 18.0 Å². The van der Waals surface area contributed by atoms with Crippen molar-refractivity contribution in [2.45, 2.75) is 33.2 Å². The van der Waals surface area contributed by atoms with Crippen molar-refractivity contribution >= 4 is 0 Å². The number of hydrogen-bond acceptors (Lipinski definition) is 3. The molecule has 1 aromatic heterocycles. The molecule has 1 heterocycles. The molecule has 0 bridgehead atoms. The first-order chi connectivity index (χ1) is 9.00. The van der Waals surface area contributed by atoms with Gasteiger partial charge in [0.1, 0.15) is 5.76 Å². The SMILES string of the molecule is Cc1c(C(C)C)oc(=O)n(Cc2ccccc2)c1=O. The summed E-state index contributed by atoms with van der Waals surface area (Å²) in [7, 11) is 0. The first-order valence-corrected chi connectivity index (χ1v) is 6.29. The summed E-state index contributed by atoms with van der Waals surface area (Å²) in [6.45, 7) is 5.72. The molecule has 1 aromatic carbocycles. The normalized spacial score (nSPS) is 10.9. The van der Waals surface area contributed by atoms with E-state index in [0.29, 0.717) is 11.3 Å². The molecule has 0 unspecified atom stereocenters. The van der Waals surface area contributed by atoms with Gasteiger partial charge in [0, 0.05) is 5.92 Å². The van der Waals surface area contributed by atoms with Crippen molar-refractivity contribution in [3.05, 3.63) is 68.1 Å². The van der Waals surface area contributed by atoms with E-state index < -0.39 is 5.76 Å². The average Bonchev–Trinajstić information content (AvgIpc) is 2.40. The molecule has 0 aliphatic carbocycles. The largest absolute Gasteiger partial charge is 0.422 e. The van der Waals surface area contributed by atoms with Crippen molar-refractivity contribution in [1.82, 2.24) is 4.57 Å². The van der Waals surface area contributed by atoms with Crippen LogP contribution in [0.25, 0.3) is 0 Å². The second-order valence-corrected chi connectivity index (χ2v) is 4.89. The molecule has 100 valence electrons. The molecule has 0 spiro atoms. The maximum absolute atomic E-state index is 12.2. The minimum absolute atomic E-state index is 0.0202. The van der Waals surface area contributed by atoms with E-state index >= 15 is 0 Å². The summed E-state index contributed by atoms with van der Waals surface area (Å²) >= 11 is 0. The standard InChI is InChI=1S/C15H17NO3/c1-10(2)13-11(3)14(17)16(15(18)19-13)9-12-7-5-4-6-8-12/h4-8,10H,9H2,1-3H3. The third-order valence-corrected chi connectivity index (χ3v) is 3.06. The van der Waals surface area contributed by atoms with Gasteiger partial charge in [-0.2, -0.15) is 0 Å². The second kappa shape index (κ2) is 5.26. The van der Waals surface area contributed by atoms with Gasteiger partial charge in [-0.1, -0.05) is 44.2 Å². The fourth-order valence-corrected chi connectivity index (χ4v) is 2.07. The van der Waals surface area contributed by atoms with Crippen LogP contribution < -0.4 is 11.3 Å². The predicted octanol–water partition coefficient (Wildman–Crippen LogP) is 2.28. The Balaban J connectivity index is 2.52. The number of benzene rings is 1. The molecule has 0 radical (unpaired) electrons. The lowest BCUT2D eigenvalue weighted by molar-refractivity contribution is 0.377. The van der Waals surface area contributed by atoms with Gasteiger partial charge >= 0.3 is 5.76 Å². The van der Waals surface area contributed by atoms with Crippen LogP contribution in [0.5, 0.6) is 0 Å². The number of aromatic nitrogens is 1. The summed E-state index contributed by atoms with van der Waals surface area (Å²) in [6.07, 6.45) is 0. The van der Waals surface area contributed by atoms with Gasteiger partial charge < -0.3 is 4.42 Å². The van der Waals surface area contributed by atoms with Crippen LogP contribution >= 0.6 is 0 Å². The quantitative estimate of drug-likeness (QED) is 0.849. The molecule has 0 atom stereocenters. The van der Waals surface area contributed by atoms with E-state index in [1.54, 1.807) is 6.92 Å². The van der Waals surface area contributed by atoms with E-state index in [1.807, 2.05) is 44.2 Å². The minimum Gasteiger partial charge on any atom is -0.414 e. The van der Waals surface area contributed by atoms with Crippen LogP contribution in [-0.2, 0) is 6.54 Å². The van der Waals surface area contributed by atoms with Crippen molar-refractivity contribution in [2.75, 3.05) is 0 Å². The summed E-state index contributed by atoms with van der Waals surface area (Å²) in [4.78, 5) is 24.1. The smallest absolute Gasteiger partial charge is 0.414 e. The first kappa shape index (κ1) is 13.3. The molecule has 0 aliphatic heterocycles. The summed E-state index contributed by atoms with van der Waals surface area (Å²) < 4.78 is 6.40. The maximum atomic E-state index is 12.2. The number of rotatable bonds is 3. The summed E-state index contributed by atoms with van der Waals surface area (Å²) in [5.41, 5.74) is 1.13. The maximum Gasteiger partial charge on any atom is 0.422 e. The Kier molecular flexibility index (Phi) is 3.69. The van der Waals surface area contributed by atoms with Crippen LogP contribution in [0.1, 0.15) is 36.7 Å². The Bertz CT molecular complexity index is 681. The van der Waals surface area contributed by atoms with E-state index in [1.165, 1.54) is 0 Å². The third kappa shape index (κ3) is 2.67. The van der Waals surface area contributed by atoms with Crippen LogP contribution in [-0.4, -0.2) is 4.57 Å². The summed E-state index contributed by atoms with van der Waals surface area (Å²) in [5.74, 6) is -0.103. The van der Waals surface area contributed by atoms with E-state index in [9.17, 15) is 9.59 Å². The van der Waals surface area contributed by atoms with Crippen molar-refractivity contribution in [3.63, 3.8) is 0 Å². The molecular formula is C15H17NO3. The Hall–Kier alpha value is -2.10. The molecule has 2 aromatic rings. The van der Waals surface area contributed by atoms with Gasteiger partial charge in [0.25, 0.3) is 5.56 Å². The van der Waals surface area contributed by atoms with E-state index in [4.69, 9.17) is 4.42 Å². The van der Waals surface area contributed by atoms with Crippen LogP contribution in [0.15, 0.2) is 44.3 Å². The Morgan fingerprint density at radius 2 is 1.79 bits per heavy atom. The summed E-state index contributed by atoms with van der Waals surface area (Å²) in [6, 6.07) is 9.38. The van der Waals surface area contributed by atoms with Crippen molar-refractivity contribution in [3.8, 4) is 0 Å². The molecule has 0 fully saturated rings. The minimum atomic E-state index is -0.594. The monoisotopic (exact) mass is 259 g/mol. The highest BCUT2D eigenvalue weighted by Gasteiger charge is 2.15. The van der Waals surface area contributed by atoms with Gasteiger partial charge in [0.15, 0.2) is 0 Å². The van der Waals surface area contributed by atoms with Gasteiger partial charge in [-0.05, 0) is 12.5 Å². The molecule has 0 saturated heterocycles. The highest BCUT2D eigenvalue weighted by molar-refractivity contribution is 5.18. The van der Waals surface area contributed by atoms with Crippen LogP contribution in [0.2, 0.25) is 0 Å². The highest BCUT2D eigenvalue weighted by atomic mass is 16.4. The molecule has 19 heavy (non-hydrogen) atoms. The lowest BCUT2D eigenvalue weighted by atomic mass is 10.1. The van der Waals surface area contributed by atoms with Gasteiger partial charge in [-0.3, -0.25) is 4.79 Å². The van der Waals surface area contributed by atoms with Crippen molar-refractivity contribution in [1.29, 1.82) is 0 Å². The Morgan fingerprint density at radius 3 is 2.37 bits per heavy atom. The van der Waals surface area contributed by atoms with Crippen LogP contribution in [0.4, 0.5) is 0 Å². The van der Waals surface area contributed by atoms with E-state index in [0.717, 1.165) is 10.1 Å². The lowest BCUT2D eigenvalue weighted by Gasteiger charge is -2.10. The van der Waals surface area contributed by atoms with Crippen molar-refractivity contribution in [2.24, 2.45) is 0 Å². The third-order valence-electron chi connectivity index (χ3n) is 3.06. The van der Waals surface area contributed by atoms with Gasteiger partial charge in [0.2, 0.25) is 0 Å². The Labute approximate surface area is 111 Å². The Morgan fingerprint density at radius 1 is 1.16 bits per heavy atom. The molecule has 2 rings (SSSR count).